The molecule has 1 N–H and O–H groups in total. The molecule has 0 atom stereocenters. The van der Waals surface area contributed by atoms with Crippen LogP contribution in [-0.4, -0.2) is 18.6 Å². The molecule has 0 amide bonds. The van der Waals surface area contributed by atoms with Gasteiger partial charge in [0.2, 0.25) is 0 Å². The molecule has 0 aromatic heterocycles. The zero-order valence-electron chi connectivity index (χ0n) is 8.02. The van der Waals surface area contributed by atoms with Crippen molar-refractivity contribution in [3.63, 3.8) is 0 Å². The van der Waals surface area contributed by atoms with Crippen molar-refractivity contribution in [2.75, 3.05) is 23.9 Å². The molecule has 0 radical (unpaired) electrons. The van der Waals surface area contributed by atoms with Gasteiger partial charge in [-0.2, -0.15) is 11.8 Å². The molecule has 0 spiro atoms. The molecular weight excluding hydrogens is 221 g/mol. The Morgan fingerprint density at radius 3 is 2.93 bits per heavy atom. The fourth-order valence-electron chi connectivity index (χ4n) is 1.07. The molecule has 0 aliphatic rings. The lowest BCUT2D eigenvalue weighted by molar-refractivity contribution is 0.630. The SMILES string of the molecule is CSCCCNc1ccc(Cl)cc1F. The van der Waals surface area contributed by atoms with Crippen LogP contribution < -0.4 is 5.32 Å². The summed E-state index contributed by atoms with van der Waals surface area (Å²) in [6, 6.07) is 4.66. The number of benzene rings is 1. The van der Waals surface area contributed by atoms with E-state index in [2.05, 4.69) is 11.6 Å². The van der Waals surface area contributed by atoms with Crippen LogP contribution in [-0.2, 0) is 0 Å². The number of anilines is 1. The molecule has 1 nitrogen and oxygen atoms in total. The first-order valence-electron chi connectivity index (χ1n) is 4.42. The predicted octanol–water partition coefficient (Wildman–Crippen LogP) is 3.64. The highest BCUT2D eigenvalue weighted by atomic mass is 35.5. The maximum Gasteiger partial charge on any atom is 0.147 e. The summed E-state index contributed by atoms with van der Waals surface area (Å²) in [5.74, 6) is 0.795. The Morgan fingerprint density at radius 2 is 2.29 bits per heavy atom. The lowest BCUT2D eigenvalue weighted by atomic mass is 10.3. The summed E-state index contributed by atoms with van der Waals surface area (Å²) in [6.07, 6.45) is 3.09. The fraction of sp³-hybridized carbons (Fsp3) is 0.400. The second-order valence-corrected chi connectivity index (χ2v) is 4.32. The standard InChI is InChI=1S/C10H13ClFNS/c1-14-6-2-5-13-10-4-3-8(11)7-9(10)12/h3-4,7,13H,2,5-6H2,1H3. The van der Waals surface area contributed by atoms with Gasteiger partial charge >= 0.3 is 0 Å². The fourth-order valence-corrected chi connectivity index (χ4v) is 1.66. The largest absolute Gasteiger partial charge is 0.383 e. The molecule has 4 heteroatoms. The first-order chi connectivity index (χ1) is 6.74. The molecule has 0 aliphatic heterocycles. The van der Waals surface area contributed by atoms with Crippen molar-refractivity contribution in [1.82, 2.24) is 0 Å². The number of halogens is 2. The third kappa shape index (κ3) is 3.76. The maximum absolute atomic E-state index is 13.2. The Balaban J connectivity index is 2.42. The third-order valence-corrected chi connectivity index (χ3v) is 2.70. The van der Waals surface area contributed by atoms with Crippen LogP contribution in [0.1, 0.15) is 6.42 Å². The monoisotopic (exact) mass is 233 g/mol. The number of thioether (sulfide) groups is 1. The van der Waals surface area contributed by atoms with E-state index in [0.29, 0.717) is 10.7 Å². The summed E-state index contributed by atoms with van der Waals surface area (Å²) in [4.78, 5) is 0. The minimum Gasteiger partial charge on any atom is -0.383 e. The van der Waals surface area contributed by atoms with Gasteiger partial charge in [0.05, 0.1) is 5.69 Å². The molecule has 0 saturated carbocycles. The van der Waals surface area contributed by atoms with Gasteiger partial charge < -0.3 is 5.32 Å². The van der Waals surface area contributed by atoms with Gasteiger partial charge in [-0.1, -0.05) is 11.6 Å². The smallest absolute Gasteiger partial charge is 0.147 e. The molecule has 0 unspecified atom stereocenters. The summed E-state index contributed by atoms with van der Waals surface area (Å²) < 4.78 is 13.2. The van der Waals surface area contributed by atoms with Gasteiger partial charge in [0.1, 0.15) is 5.82 Å². The average molecular weight is 234 g/mol. The highest BCUT2D eigenvalue weighted by Gasteiger charge is 2.00. The van der Waals surface area contributed by atoms with Gasteiger partial charge in [0.15, 0.2) is 0 Å². The number of nitrogens with one attached hydrogen (secondary N) is 1. The number of rotatable bonds is 5. The molecule has 1 aromatic rings. The number of hydrogen-bond donors (Lipinski definition) is 1. The highest BCUT2D eigenvalue weighted by Crippen LogP contribution is 2.18. The van der Waals surface area contributed by atoms with Crippen LogP contribution in [0.15, 0.2) is 18.2 Å². The quantitative estimate of drug-likeness (QED) is 0.780. The third-order valence-electron chi connectivity index (χ3n) is 1.77. The second-order valence-electron chi connectivity index (χ2n) is 2.90. The molecule has 1 aromatic carbocycles. The first kappa shape index (κ1) is 11.7. The highest BCUT2D eigenvalue weighted by molar-refractivity contribution is 7.98. The van der Waals surface area contributed by atoms with Crippen molar-refractivity contribution in [3.8, 4) is 0 Å². The summed E-state index contributed by atoms with van der Waals surface area (Å²) in [5, 5.41) is 3.46. The summed E-state index contributed by atoms with van der Waals surface area (Å²) in [5.41, 5.74) is 0.524. The van der Waals surface area contributed by atoms with Crippen LogP contribution in [0, 0.1) is 5.82 Å². The van der Waals surface area contributed by atoms with E-state index in [1.54, 1.807) is 23.9 Å². The molecule has 0 heterocycles. The second kappa shape index (κ2) is 6.14. The molecule has 1 rings (SSSR count). The van der Waals surface area contributed by atoms with Gasteiger partial charge in [-0.05, 0) is 36.6 Å². The Hall–Kier alpha value is -0.410. The van der Waals surface area contributed by atoms with E-state index in [-0.39, 0.29) is 5.82 Å². The van der Waals surface area contributed by atoms with E-state index in [9.17, 15) is 4.39 Å². The minimum atomic E-state index is -0.290. The van der Waals surface area contributed by atoms with Crippen LogP contribution >= 0.6 is 23.4 Å². The summed E-state index contributed by atoms with van der Waals surface area (Å²) >= 11 is 7.42. The lowest BCUT2D eigenvalue weighted by Crippen LogP contribution is -2.04. The van der Waals surface area contributed by atoms with Gasteiger partial charge in [-0.25, -0.2) is 4.39 Å². The van der Waals surface area contributed by atoms with Crippen molar-refractivity contribution in [2.45, 2.75) is 6.42 Å². The van der Waals surface area contributed by atoms with Gasteiger partial charge in [-0.3, -0.25) is 0 Å². The lowest BCUT2D eigenvalue weighted by Gasteiger charge is -2.06. The minimum absolute atomic E-state index is 0.290. The van der Waals surface area contributed by atoms with E-state index >= 15 is 0 Å². The first-order valence-corrected chi connectivity index (χ1v) is 6.19. The van der Waals surface area contributed by atoms with Crippen LogP contribution in [0.2, 0.25) is 5.02 Å². The topological polar surface area (TPSA) is 12.0 Å². The maximum atomic E-state index is 13.2. The Bertz CT molecular complexity index is 293. The molecular formula is C10H13ClFNS. The normalized spacial score (nSPS) is 10.2. The van der Waals surface area contributed by atoms with Crippen molar-refractivity contribution >= 4 is 29.1 Å². The van der Waals surface area contributed by atoms with Crippen molar-refractivity contribution in [3.05, 3.63) is 29.0 Å². The Morgan fingerprint density at radius 1 is 1.50 bits per heavy atom. The molecule has 0 fully saturated rings. The van der Waals surface area contributed by atoms with Crippen LogP contribution in [0.5, 0.6) is 0 Å². The summed E-state index contributed by atoms with van der Waals surface area (Å²) in [7, 11) is 0. The van der Waals surface area contributed by atoms with Gasteiger partial charge in [0, 0.05) is 11.6 Å². The zero-order valence-corrected chi connectivity index (χ0v) is 9.59. The number of hydrogen-bond acceptors (Lipinski definition) is 2. The molecule has 0 saturated heterocycles. The van der Waals surface area contributed by atoms with E-state index in [1.807, 2.05) is 0 Å². The van der Waals surface area contributed by atoms with Crippen LogP contribution in [0.3, 0.4) is 0 Å². The van der Waals surface area contributed by atoms with Gasteiger partial charge in [0.25, 0.3) is 0 Å². The van der Waals surface area contributed by atoms with E-state index in [4.69, 9.17) is 11.6 Å². The van der Waals surface area contributed by atoms with E-state index in [1.165, 1.54) is 6.07 Å². The van der Waals surface area contributed by atoms with Crippen LogP contribution in [0.4, 0.5) is 10.1 Å². The molecule has 0 aliphatic carbocycles. The zero-order chi connectivity index (χ0) is 10.4. The van der Waals surface area contributed by atoms with Gasteiger partial charge in [-0.15, -0.1) is 0 Å². The Labute approximate surface area is 93.0 Å². The van der Waals surface area contributed by atoms with E-state index < -0.39 is 0 Å². The van der Waals surface area contributed by atoms with E-state index in [0.717, 1.165) is 18.7 Å². The summed E-state index contributed by atoms with van der Waals surface area (Å²) in [6.45, 7) is 0.791. The van der Waals surface area contributed by atoms with Crippen molar-refractivity contribution < 1.29 is 4.39 Å². The molecule has 78 valence electrons. The molecule has 14 heavy (non-hydrogen) atoms. The Kier molecular flexibility index (Phi) is 5.12. The van der Waals surface area contributed by atoms with Crippen molar-refractivity contribution in [1.29, 1.82) is 0 Å². The van der Waals surface area contributed by atoms with Crippen molar-refractivity contribution in [2.24, 2.45) is 0 Å². The average Bonchev–Trinajstić information content (AvgIpc) is 2.15. The molecule has 0 bridgehead atoms. The van der Waals surface area contributed by atoms with Crippen LogP contribution in [0.25, 0.3) is 0 Å². The predicted molar refractivity (Wildman–Crippen MR) is 62.9 cm³/mol.